The van der Waals surface area contributed by atoms with Crippen molar-refractivity contribution >= 4 is 33.1 Å². The number of hydrogen-bond acceptors (Lipinski definition) is 2. The average molecular weight is 455 g/mol. The molecule has 4 aromatic rings. The molecule has 0 aliphatic rings. The number of rotatable bonds is 5. The predicted octanol–water partition coefficient (Wildman–Crippen LogP) is 7.81. The van der Waals surface area contributed by atoms with Crippen LogP contribution in [0.4, 0.5) is 8.78 Å². The van der Waals surface area contributed by atoms with Crippen LogP contribution in [-0.4, -0.2) is 10.2 Å². The van der Waals surface area contributed by atoms with Crippen molar-refractivity contribution in [3.63, 3.8) is 0 Å². The number of halogens is 3. The first-order valence-corrected chi connectivity index (χ1v) is 11.2. The summed E-state index contributed by atoms with van der Waals surface area (Å²) in [6.07, 6.45) is 1.64. The Morgan fingerprint density at radius 2 is 1.56 bits per heavy atom. The molecule has 0 saturated carbocycles. The van der Waals surface area contributed by atoms with Gasteiger partial charge in [0.2, 0.25) is 0 Å². The van der Waals surface area contributed by atoms with E-state index in [0.29, 0.717) is 41.2 Å². The van der Waals surface area contributed by atoms with E-state index in [0.717, 1.165) is 21.9 Å². The highest BCUT2D eigenvalue weighted by Gasteiger charge is 2.20. The van der Waals surface area contributed by atoms with Gasteiger partial charge in [-0.3, -0.25) is 0 Å². The largest absolute Gasteiger partial charge is 0.508 e. The van der Waals surface area contributed by atoms with Crippen molar-refractivity contribution in [3.05, 3.63) is 81.4 Å². The molecular weight excluding hydrogens is 430 g/mol. The van der Waals surface area contributed by atoms with Crippen molar-refractivity contribution < 1.29 is 19.0 Å². The first-order chi connectivity index (χ1) is 15.2. The molecule has 32 heavy (non-hydrogen) atoms. The van der Waals surface area contributed by atoms with Gasteiger partial charge in [-0.1, -0.05) is 38.4 Å². The third kappa shape index (κ3) is 3.77. The molecule has 2 nitrogen and oxygen atoms in total. The summed E-state index contributed by atoms with van der Waals surface area (Å²) in [6, 6.07) is 10.9. The second-order valence-corrected chi connectivity index (χ2v) is 8.71. The van der Waals surface area contributed by atoms with Crippen LogP contribution < -0.4 is 0 Å². The van der Waals surface area contributed by atoms with Crippen LogP contribution in [0.1, 0.15) is 48.9 Å². The Bertz CT molecular complexity index is 1350. The number of aromatic hydroxyl groups is 2. The summed E-state index contributed by atoms with van der Waals surface area (Å²) < 4.78 is 29.3. The summed E-state index contributed by atoms with van der Waals surface area (Å²) in [6.45, 7) is 5.84. The minimum Gasteiger partial charge on any atom is -0.508 e. The minimum atomic E-state index is -0.528. The molecule has 4 rings (SSSR count). The number of aryl methyl sites for hydroxylation is 2. The van der Waals surface area contributed by atoms with Gasteiger partial charge in [-0.05, 0) is 100.0 Å². The fourth-order valence-corrected chi connectivity index (χ4v) is 5.05. The van der Waals surface area contributed by atoms with E-state index in [9.17, 15) is 14.6 Å². The van der Waals surface area contributed by atoms with Crippen molar-refractivity contribution in [1.82, 2.24) is 0 Å². The van der Waals surface area contributed by atoms with E-state index in [1.54, 1.807) is 30.3 Å². The Morgan fingerprint density at radius 1 is 0.844 bits per heavy atom. The molecule has 0 aromatic heterocycles. The van der Waals surface area contributed by atoms with Crippen LogP contribution in [0.25, 0.3) is 21.5 Å². The van der Waals surface area contributed by atoms with E-state index in [4.69, 9.17) is 11.6 Å². The molecule has 4 aromatic carbocycles. The van der Waals surface area contributed by atoms with Crippen molar-refractivity contribution in [2.24, 2.45) is 0 Å². The van der Waals surface area contributed by atoms with Crippen LogP contribution in [0.5, 0.6) is 11.5 Å². The van der Waals surface area contributed by atoms with Crippen LogP contribution in [0.2, 0.25) is 5.02 Å². The monoisotopic (exact) mass is 454 g/mol. The van der Waals surface area contributed by atoms with Gasteiger partial charge in [-0.25, -0.2) is 8.78 Å². The molecular formula is C27H25ClF2O2. The second-order valence-electron chi connectivity index (χ2n) is 8.33. The highest BCUT2D eigenvalue weighted by Crippen LogP contribution is 2.39. The molecule has 166 valence electrons. The lowest BCUT2D eigenvalue weighted by Gasteiger charge is -2.20. The van der Waals surface area contributed by atoms with Crippen molar-refractivity contribution in [3.8, 4) is 11.5 Å². The molecule has 0 fully saturated rings. The van der Waals surface area contributed by atoms with E-state index in [2.05, 4.69) is 0 Å². The van der Waals surface area contributed by atoms with Crippen molar-refractivity contribution in [1.29, 1.82) is 0 Å². The minimum absolute atomic E-state index is 0.00707. The number of phenols is 2. The third-order valence-electron chi connectivity index (χ3n) is 6.26. The zero-order valence-corrected chi connectivity index (χ0v) is 19.0. The average Bonchev–Trinajstić information content (AvgIpc) is 2.75. The van der Waals surface area contributed by atoms with Crippen LogP contribution in [0, 0.1) is 11.6 Å². The van der Waals surface area contributed by atoms with E-state index in [-0.39, 0.29) is 28.3 Å². The van der Waals surface area contributed by atoms with E-state index >= 15 is 4.39 Å². The standard InChI is InChI=1S/C27H25ClF2O2/c1-4-15-9-18(31)13-22-17(11-24(30)20(5-2)25(15)22)8-14(3)21-12-19(32)10-16-6-7-23(29)27(28)26(16)21/h6-7,9-14,31-32H,4-5,8H2,1-3H3. The van der Waals surface area contributed by atoms with Gasteiger partial charge < -0.3 is 10.2 Å². The van der Waals surface area contributed by atoms with Gasteiger partial charge in [0.25, 0.3) is 0 Å². The Balaban J connectivity index is 1.92. The maximum Gasteiger partial charge on any atom is 0.142 e. The Morgan fingerprint density at radius 3 is 2.25 bits per heavy atom. The molecule has 0 aliphatic carbocycles. The van der Waals surface area contributed by atoms with Gasteiger partial charge in [0.05, 0.1) is 5.02 Å². The van der Waals surface area contributed by atoms with Gasteiger partial charge >= 0.3 is 0 Å². The molecule has 0 amide bonds. The molecule has 0 spiro atoms. The molecule has 1 atom stereocenters. The first-order valence-electron chi connectivity index (χ1n) is 10.8. The van der Waals surface area contributed by atoms with Crippen LogP contribution in [0.3, 0.4) is 0 Å². The highest BCUT2D eigenvalue weighted by atomic mass is 35.5. The maximum absolute atomic E-state index is 15.1. The zero-order valence-electron chi connectivity index (χ0n) is 18.3. The molecule has 0 bridgehead atoms. The molecule has 1 unspecified atom stereocenters. The third-order valence-corrected chi connectivity index (χ3v) is 6.63. The fraction of sp³-hybridized carbons (Fsp3) is 0.259. The number of fused-ring (bicyclic) bond motifs is 2. The van der Waals surface area contributed by atoms with Gasteiger partial charge in [-0.2, -0.15) is 0 Å². The molecule has 5 heteroatoms. The Kier molecular flexibility index (Phi) is 6.00. The van der Waals surface area contributed by atoms with Crippen LogP contribution >= 0.6 is 11.6 Å². The normalized spacial score (nSPS) is 12.6. The first kappa shape index (κ1) is 22.3. The lowest BCUT2D eigenvalue weighted by atomic mass is 9.85. The van der Waals surface area contributed by atoms with Crippen LogP contribution in [-0.2, 0) is 19.3 Å². The Hall–Kier alpha value is -2.85. The van der Waals surface area contributed by atoms with E-state index in [1.807, 2.05) is 20.8 Å². The number of hydrogen-bond donors (Lipinski definition) is 2. The molecule has 0 radical (unpaired) electrons. The summed E-state index contributed by atoms with van der Waals surface area (Å²) in [5, 5.41) is 23.4. The summed E-state index contributed by atoms with van der Waals surface area (Å²) in [5.74, 6) is -0.798. The number of phenolic OH excluding ortho intramolecular Hbond substituents is 2. The topological polar surface area (TPSA) is 40.5 Å². The van der Waals surface area contributed by atoms with Gasteiger partial charge in [0, 0.05) is 5.39 Å². The lowest BCUT2D eigenvalue weighted by Crippen LogP contribution is -2.04. The van der Waals surface area contributed by atoms with Crippen molar-refractivity contribution in [2.45, 2.75) is 46.0 Å². The van der Waals surface area contributed by atoms with E-state index < -0.39 is 5.82 Å². The second kappa shape index (κ2) is 8.59. The van der Waals surface area contributed by atoms with Gasteiger partial charge in [0.15, 0.2) is 0 Å². The quantitative estimate of drug-likeness (QED) is 0.323. The predicted molar refractivity (Wildman–Crippen MR) is 127 cm³/mol. The zero-order chi connectivity index (χ0) is 23.2. The SMILES string of the molecule is CCc1cc(O)cc2c(CC(C)c3cc(O)cc4ccc(F)c(Cl)c34)cc(F)c(CC)c12. The summed E-state index contributed by atoms with van der Waals surface area (Å²) >= 11 is 6.30. The fourth-order valence-electron chi connectivity index (χ4n) is 4.77. The van der Waals surface area contributed by atoms with E-state index in [1.165, 1.54) is 12.1 Å². The smallest absolute Gasteiger partial charge is 0.142 e. The van der Waals surface area contributed by atoms with Crippen molar-refractivity contribution in [2.75, 3.05) is 0 Å². The van der Waals surface area contributed by atoms with Gasteiger partial charge in [-0.15, -0.1) is 0 Å². The number of benzene rings is 4. The summed E-state index contributed by atoms with van der Waals surface area (Å²) in [5.41, 5.74) is 2.98. The Labute approximate surface area is 191 Å². The molecule has 0 saturated heterocycles. The molecule has 0 heterocycles. The molecule has 0 aliphatic heterocycles. The van der Waals surface area contributed by atoms with Gasteiger partial charge in [0.1, 0.15) is 23.1 Å². The summed E-state index contributed by atoms with van der Waals surface area (Å²) in [7, 11) is 0. The van der Waals surface area contributed by atoms with Crippen LogP contribution in [0.15, 0.2) is 42.5 Å². The maximum atomic E-state index is 15.1. The summed E-state index contributed by atoms with van der Waals surface area (Å²) in [4.78, 5) is 0. The highest BCUT2D eigenvalue weighted by molar-refractivity contribution is 6.36. The molecule has 2 N–H and O–H groups in total. The lowest BCUT2D eigenvalue weighted by molar-refractivity contribution is 0.474.